The fourth-order valence-electron chi connectivity index (χ4n) is 3.60. The van der Waals surface area contributed by atoms with Crippen molar-refractivity contribution in [2.75, 3.05) is 20.6 Å². The van der Waals surface area contributed by atoms with Crippen molar-refractivity contribution in [2.45, 2.75) is 26.4 Å². The van der Waals surface area contributed by atoms with Gasteiger partial charge in [-0.15, -0.1) is 0 Å². The van der Waals surface area contributed by atoms with Crippen molar-refractivity contribution in [1.82, 2.24) is 14.8 Å². The maximum Gasteiger partial charge on any atom is 0.253 e. The number of nitrogens with one attached hydrogen (secondary N) is 1. The molecule has 0 fully saturated rings. The van der Waals surface area contributed by atoms with Gasteiger partial charge in [-0.2, -0.15) is 0 Å². The molecule has 0 saturated carbocycles. The predicted molar refractivity (Wildman–Crippen MR) is 115 cm³/mol. The molecule has 0 aliphatic heterocycles. The zero-order chi connectivity index (χ0) is 20.1. The normalized spacial score (nSPS) is 12.2. The van der Waals surface area contributed by atoms with Crippen LogP contribution in [0.5, 0.6) is 0 Å². The topological polar surface area (TPSA) is 37.3 Å². The third-order valence-electron chi connectivity index (χ3n) is 5.27. The summed E-state index contributed by atoms with van der Waals surface area (Å²) < 4.78 is 2.20. The van der Waals surface area contributed by atoms with Crippen LogP contribution < -0.4 is 5.32 Å². The maximum atomic E-state index is 12.9. The molecule has 4 nitrogen and oxygen atoms in total. The number of hydrogen-bond acceptors (Lipinski definition) is 2. The van der Waals surface area contributed by atoms with Crippen LogP contribution in [-0.4, -0.2) is 36.0 Å². The number of nitrogens with zero attached hydrogens (tertiary/aromatic N) is 2. The van der Waals surface area contributed by atoms with Crippen molar-refractivity contribution in [3.8, 4) is 0 Å². The second kappa shape index (κ2) is 8.89. The largest absolute Gasteiger partial charge is 0.350 e. The Morgan fingerprint density at radius 1 is 1.00 bits per heavy atom. The standard InChI is InChI=1S/C24H29N3O/c1-18-15-22(19(2)27(18)17-20-11-7-5-8-12-20)24(28)25-16-23(26(3)4)21-13-9-6-10-14-21/h5-15,23H,16-17H2,1-4H3,(H,25,28). The van der Waals surface area contributed by atoms with Crippen LogP contribution in [0.25, 0.3) is 0 Å². The number of aromatic nitrogens is 1. The molecule has 0 bridgehead atoms. The van der Waals surface area contributed by atoms with Crippen molar-refractivity contribution >= 4 is 5.91 Å². The van der Waals surface area contributed by atoms with Crippen molar-refractivity contribution in [3.05, 3.63) is 94.8 Å². The molecule has 1 amide bonds. The highest BCUT2D eigenvalue weighted by Gasteiger charge is 2.19. The highest BCUT2D eigenvalue weighted by molar-refractivity contribution is 5.95. The van der Waals surface area contributed by atoms with Gasteiger partial charge in [-0.1, -0.05) is 60.7 Å². The molecule has 1 heterocycles. The molecular weight excluding hydrogens is 346 g/mol. The molecule has 28 heavy (non-hydrogen) atoms. The number of aryl methyl sites for hydroxylation is 1. The SMILES string of the molecule is Cc1cc(C(=O)NCC(c2ccccc2)N(C)C)c(C)n1Cc1ccccc1. The Kier molecular flexibility index (Phi) is 6.32. The molecule has 0 spiro atoms. The molecule has 1 unspecified atom stereocenters. The van der Waals surface area contributed by atoms with E-state index in [4.69, 9.17) is 0 Å². The van der Waals surface area contributed by atoms with E-state index in [1.165, 1.54) is 11.1 Å². The first-order valence-electron chi connectivity index (χ1n) is 9.67. The van der Waals surface area contributed by atoms with E-state index in [9.17, 15) is 4.79 Å². The van der Waals surface area contributed by atoms with Gasteiger partial charge in [0, 0.05) is 24.5 Å². The summed E-state index contributed by atoms with van der Waals surface area (Å²) in [6, 6.07) is 22.7. The predicted octanol–water partition coefficient (Wildman–Crippen LogP) is 4.19. The summed E-state index contributed by atoms with van der Waals surface area (Å²) in [6.07, 6.45) is 0. The molecule has 0 radical (unpaired) electrons. The third-order valence-corrected chi connectivity index (χ3v) is 5.27. The van der Waals surface area contributed by atoms with Crippen LogP contribution in [0.1, 0.15) is 38.9 Å². The van der Waals surface area contributed by atoms with Crippen molar-refractivity contribution in [1.29, 1.82) is 0 Å². The maximum absolute atomic E-state index is 12.9. The van der Waals surface area contributed by atoms with Crippen LogP contribution in [0.15, 0.2) is 66.7 Å². The van der Waals surface area contributed by atoms with Gasteiger partial charge < -0.3 is 14.8 Å². The lowest BCUT2D eigenvalue weighted by Gasteiger charge is -2.25. The third kappa shape index (κ3) is 4.52. The minimum Gasteiger partial charge on any atom is -0.350 e. The molecule has 4 heteroatoms. The minimum absolute atomic E-state index is 0.0183. The lowest BCUT2D eigenvalue weighted by Crippen LogP contribution is -2.34. The van der Waals surface area contributed by atoms with E-state index >= 15 is 0 Å². The summed E-state index contributed by atoms with van der Waals surface area (Å²) >= 11 is 0. The molecule has 0 aliphatic rings. The van der Waals surface area contributed by atoms with Crippen LogP contribution in [0.4, 0.5) is 0 Å². The van der Waals surface area contributed by atoms with Crippen molar-refractivity contribution < 1.29 is 4.79 Å². The molecule has 2 aromatic carbocycles. The molecule has 0 saturated heterocycles. The molecule has 0 aliphatic carbocycles. The Balaban J connectivity index is 1.73. The van der Waals surface area contributed by atoms with Crippen LogP contribution in [0.2, 0.25) is 0 Å². The Bertz CT molecular complexity index is 914. The van der Waals surface area contributed by atoms with Gasteiger partial charge in [0.1, 0.15) is 0 Å². The summed E-state index contributed by atoms with van der Waals surface area (Å²) in [5, 5.41) is 3.13. The van der Waals surface area contributed by atoms with E-state index in [0.717, 1.165) is 23.5 Å². The number of carbonyl (C=O) groups excluding carboxylic acids is 1. The fourth-order valence-corrected chi connectivity index (χ4v) is 3.60. The number of hydrogen-bond donors (Lipinski definition) is 1. The Morgan fingerprint density at radius 3 is 2.21 bits per heavy atom. The quantitative estimate of drug-likeness (QED) is 0.672. The fraction of sp³-hybridized carbons (Fsp3) is 0.292. The number of likely N-dealkylation sites (N-methyl/N-ethyl adjacent to an activating group) is 1. The van der Waals surface area contributed by atoms with E-state index in [1.54, 1.807) is 0 Å². The number of carbonyl (C=O) groups is 1. The summed E-state index contributed by atoms with van der Waals surface area (Å²) in [4.78, 5) is 15.0. The molecule has 1 N–H and O–H groups in total. The van der Waals surface area contributed by atoms with Gasteiger partial charge in [0.25, 0.3) is 5.91 Å². The van der Waals surface area contributed by atoms with Crippen molar-refractivity contribution in [2.24, 2.45) is 0 Å². The molecule has 3 aromatic rings. The number of benzene rings is 2. The first kappa shape index (κ1) is 19.9. The van der Waals surface area contributed by atoms with Crippen LogP contribution in [0.3, 0.4) is 0 Å². The first-order valence-corrected chi connectivity index (χ1v) is 9.67. The van der Waals surface area contributed by atoms with Crippen LogP contribution >= 0.6 is 0 Å². The monoisotopic (exact) mass is 375 g/mol. The Morgan fingerprint density at radius 2 is 1.61 bits per heavy atom. The smallest absolute Gasteiger partial charge is 0.253 e. The van der Waals surface area contributed by atoms with Gasteiger partial charge in [0.15, 0.2) is 0 Å². The van der Waals surface area contributed by atoms with E-state index in [0.29, 0.717) is 6.54 Å². The van der Waals surface area contributed by atoms with Crippen molar-refractivity contribution in [3.63, 3.8) is 0 Å². The van der Waals surface area contributed by atoms with Gasteiger partial charge in [0.05, 0.1) is 11.6 Å². The van der Waals surface area contributed by atoms with E-state index < -0.39 is 0 Å². The highest BCUT2D eigenvalue weighted by Crippen LogP contribution is 2.19. The first-order chi connectivity index (χ1) is 13.5. The Hall–Kier alpha value is -2.85. The van der Waals surface area contributed by atoms with Gasteiger partial charge in [0.2, 0.25) is 0 Å². The minimum atomic E-state index is -0.0183. The van der Waals surface area contributed by atoms with Gasteiger partial charge in [-0.05, 0) is 45.1 Å². The van der Waals surface area contributed by atoms with Gasteiger partial charge in [-0.25, -0.2) is 0 Å². The molecule has 1 atom stereocenters. The average Bonchev–Trinajstić information content (AvgIpc) is 2.98. The summed E-state index contributed by atoms with van der Waals surface area (Å²) in [5.41, 5.74) is 5.27. The van der Waals surface area contributed by atoms with Gasteiger partial charge >= 0.3 is 0 Å². The number of rotatable bonds is 7. The van der Waals surface area contributed by atoms with E-state index in [-0.39, 0.29) is 11.9 Å². The van der Waals surface area contributed by atoms with Crippen LogP contribution in [-0.2, 0) is 6.54 Å². The van der Waals surface area contributed by atoms with E-state index in [2.05, 4.69) is 46.0 Å². The zero-order valence-corrected chi connectivity index (χ0v) is 17.1. The van der Waals surface area contributed by atoms with Gasteiger partial charge in [-0.3, -0.25) is 4.79 Å². The highest BCUT2D eigenvalue weighted by atomic mass is 16.1. The summed E-state index contributed by atoms with van der Waals surface area (Å²) in [6.45, 7) is 5.42. The van der Waals surface area contributed by atoms with E-state index in [1.807, 2.05) is 63.5 Å². The summed E-state index contributed by atoms with van der Waals surface area (Å²) in [5.74, 6) is -0.0183. The molecule has 1 aromatic heterocycles. The second-order valence-electron chi connectivity index (χ2n) is 7.46. The lowest BCUT2D eigenvalue weighted by atomic mass is 10.1. The van der Waals surface area contributed by atoms with Crippen LogP contribution in [0, 0.1) is 13.8 Å². The zero-order valence-electron chi connectivity index (χ0n) is 17.1. The Labute approximate surface area is 167 Å². The lowest BCUT2D eigenvalue weighted by molar-refractivity contribution is 0.0941. The molecule has 3 rings (SSSR count). The molecule has 146 valence electrons. The average molecular weight is 376 g/mol. The number of amides is 1. The molecular formula is C24H29N3O. The second-order valence-corrected chi connectivity index (χ2v) is 7.46. The summed E-state index contributed by atoms with van der Waals surface area (Å²) in [7, 11) is 4.07.